The van der Waals surface area contributed by atoms with Crippen LogP contribution in [0.2, 0.25) is 0 Å². The molecule has 0 fully saturated rings. The molecular formula is C9H15NS. The third kappa shape index (κ3) is 3.54. The van der Waals surface area contributed by atoms with E-state index in [-0.39, 0.29) is 0 Å². The van der Waals surface area contributed by atoms with Gasteiger partial charge in [0.05, 0.1) is 0 Å². The first-order valence-corrected chi connectivity index (χ1v) is 5.03. The van der Waals surface area contributed by atoms with Crippen molar-refractivity contribution in [3.8, 4) is 0 Å². The molecule has 0 atom stereocenters. The van der Waals surface area contributed by atoms with Gasteiger partial charge >= 0.3 is 0 Å². The molecule has 0 unspecified atom stereocenters. The predicted octanol–water partition coefficient (Wildman–Crippen LogP) is 2.29. The molecule has 1 N–H and O–H groups in total. The van der Waals surface area contributed by atoms with Crippen LogP contribution in [0.25, 0.3) is 0 Å². The zero-order valence-electron chi connectivity index (χ0n) is 6.97. The Labute approximate surface area is 72.4 Å². The monoisotopic (exact) mass is 169 g/mol. The molecule has 0 spiro atoms. The summed E-state index contributed by atoms with van der Waals surface area (Å²) in [6.07, 6.45) is 3.83. The normalized spacial score (nSPS) is 10.3. The summed E-state index contributed by atoms with van der Waals surface area (Å²) in [7, 11) is 2.00. The number of aryl methyl sites for hydroxylation is 1. The molecular weight excluding hydrogens is 154 g/mol. The Morgan fingerprint density at radius 2 is 2.36 bits per heavy atom. The Bertz CT molecular complexity index is 170. The number of rotatable bonds is 5. The van der Waals surface area contributed by atoms with Crippen LogP contribution in [0, 0.1) is 0 Å². The SMILES string of the molecule is CNCCCCc1ccsc1. The first kappa shape index (κ1) is 8.75. The van der Waals surface area contributed by atoms with Gasteiger partial charge in [0.15, 0.2) is 0 Å². The average Bonchev–Trinajstić information content (AvgIpc) is 2.50. The largest absolute Gasteiger partial charge is 0.320 e. The Kier molecular flexibility index (Phi) is 4.24. The maximum absolute atomic E-state index is 3.15. The summed E-state index contributed by atoms with van der Waals surface area (Å²) in [5.41, 5.74) is 1.49. The minimum Gasteiger partial charge on any atom is -0.320 e. The van der Waals surface area contributed by atoms with Crippen molar-refractivity contribution in [2.45, 2.75) is 19.3 Å². The van der Waals surface area contributed by atoms with E-state index in [9.17, 15) is 0 Å². The van der Waals surface area contributed by atoms with E-state index >= 15 is 0 Å². The van der Waals surface area contributed by atoms with E-state index in [0.29, 0.717) is 0 Å². The average molecular weight is 169 g/mol. The molecule has 0 bridgehead atoms. The quantitative estimate of drug-likeness (QED) is 0.667. The summed E-state index contributed by atoms with van der Waals surface area (Å²) in [5.74, 6) is 0. The molecule has 1 aromatic heterocycles. The van der Waals surface area contributed by atoms with E-state index in [2.05, 4.69) is 22.1 Å². The van der Waals surface area contributed by atoms with E-state index in [1.54, 1.807) is 11.3 Å². The molecule has 0 aromatic carbocycles. The van der Waals surface area contributed by atoms with Crippen LogP contribution in [0.1, 0.15) is 18.4 Å². The van der Waals surface area contributed by atoms with Gasteiger partial charge in [0.1, 0.15) is 0 Å². The van der Waals surface area contributed by atoms with Crippen LogP contribution in [0.15, 0.2) is 16.8 Å². The van der Waals surface area contributed by atoms with E-state index < -0.39 is 0 Å². The fourth-order valence-corrected chi connectivity index (χ4v) is 1.77. The van der Waals surface area contributed by atoms with Crippen molar-refractivity contribution >= 4 is 11.3 Å². The maximum atomic E-state index is 3.15. The molecule has 0 aliphatic heterocycles. The number of unbranched alkanes of at least 4 members (excludes halogenated alkanes) is 1. The van der Waals surface area contributed by atoms with E-state index in [0.717, 1.165) is 6.54 Å². The van der Waals surface area contributed by atoms with Gasteiger partial charge in [-0.25, -0.2) is 0 Å². The Balaban J connectivity index is 2.04. The smallest absolute Gasteiger partial charge is 0.00518 e. The lowest BCUT2D eigenvalue weighted by molar-refractivity contribution is 0.678. The zero-order valence-corrected chi connectivity index (χ0v) is 7.79. The fourth-order valence-electron chi connectivity index (χ4n) is 1.07. The van der Waals surface area contributed by atoms with E-state index in [1.165, 1.54) is 24.8 Å². The molecule has 1 rings (SSSR count). The van der Waals surface area contributed by atoms with Gasteiger partial charge in [-0.3, -0.25) is 0 Å². The Morgan fingerprint density at radius 1 is 1.45 bits per heavy atom. The lowest BCUT2D eigenvalue weighted by Crippen LogP contribution is -2.07. The second kappa shape index (κ2) is 5.33. The molecule has 0 aliphatic rings. The molecule has 1 aromatic rings. The van der Waals surface area contributed by atoms with Gasteiger partial charge in [-0.05, 0) is 55.2 Å². The summed E-state index contributed by atoms with van der Waals surface area (Å²) in [4.78, 5) is 0. The zero-order chi connectivity index (χ0) is 7.94. The molecule has 0 aliphatic carbocycles. The summed E-state index contributed by atoms with van der Waals surface area (Å²) in [6.45, 7) is 1.14. The first-order chi connectivity index (χ1) is 5.43. The highest BCUT2D eigenvalue weighted by molar-refractivity contribution is 7.07. The highest BCUT2D eigenvalue weighted by Gasteiger charge is 1.91. The van der Waals surface area contributed by atoms with Crippen molar-refractivity contribution in [1.29, 1.82) is 0 Å². The van der Waals surface area contributed by atoms with Crippen LogP contribution in [0.4, 0.5) is 0 Å². The van der Waals surface area contributed by atoms with E-state index in [1.807, 2.05) is 7.05 Å². The Morgan fingerprint density at radius 3 is 3.00 bits per heavy atom. The van der Waals surface area contributed by atoms with Gasteiger partial charge in [-0.1, -0.05) is 0 Å². The summed E-state index contributed by atoms with van der Waals surface area (Å²) in [5, 5.41) is 7.53. The van der Waals surface area contributed by atoms with Crippen molar-refractivity contribution in [2.24, 2.45) is 0 Å². The molecule has 62 valence electrons. The van der Waals surface area contributed by atoms with Crippen molar-refractivity contribution in [2.75, 3.05) is 13.6 Å². The van der Waals surface area contributed by atoms with Crippen LogP contribution in [0.5, 0.6) is 0 Å². The van der Waals surface area contributed by atoms with Crippen molar-refractivity contribution in [1.82, 2.24) is 5.32 Å². The minimum atomic E-state index is 1.14. The standard InChI is InChI=1S/C9H15NS/c1-10-6-3-2-4-9-5-7-11-8-9/h5,7-8,10H,2-4,6H2,1H3. The van der Waals surface area contributed by atoms with Gasteiger partial charge in [0, 0.05) is 0 Å². The molecule has 0 amide bonds. The first-order valence-electron chi connectivity index (χ1n) is 4.09. The summed E-state index contributed by atoms with van der Waals surface area (Å²) >= 11 is 1.79. The third-order valence-electron chi connectivity index (χ3n) is 1.72. The molecule has 0 radical (unpaired) electrons. The number of nitrogens with one attached hydrogen (secondary N) is 1. The summed E-state index contributed by atoms with van der Waals surface area (Å²) < 4.78 is 0. The molecule has 0 saturated carbocycles. The van der Waals surface area contributed by atoms with Crippen LogP contribution < -0.4 is 5.32 Å². The van der Waals surface area contributed by atoms with E-state index in [4.69, 9.17) is 0 Å². The van der Waals surface area contributed by atoms with Gasteiger partial charge in [-0.15, -0.1) is 0 Å². The topological polar surface area (TPSA) is 12.0 Å². The van der Waals surface area contributed by atoms with Crippen molar-refractivity contribution in [3.63, 3.8) is 0 Å². The van der Waals surface area contributed by atoms with Crippen LogP contribution in [0.3, 0.4) is 0 Å². The Hall–Kier alpha value is -0.340. The van der Waals surface area contributed by atoms with Crippen LogP contribution in [-0.2, 0) is 6.42 Å². The van der Waals surface area contributed by atoms with Gasteiger partial charge in [0.25, 0.3) is 0 Å². The van der Waals surface area contributed by atoms with Crippen LogP contribution in [-0.4, -0.2) is 13.6 Å². The fraction of sp³-hybridized carbons (Fsp3) is 0.556. The van der Waals surface area contributed by atoms with Gasteiger partial charge in [0.2, 0.25) is 0 Å². The van der Waals surface area contributed by atoms with Crippen molar-refractivity contribution < 1.29 is 0 Å². The molecule has 11 heavy (non-hydrogen) atoms. The van der Waals surface area contributed by atoms with Crippen LogP contribution >= 0.6 is 11.3 Å². The third-order valence-corrected chi connectivity index (χ3v) is 2.45. The second-order valence-corrected chi connectivity index (χ2v) is 3.47. The molecule has 1 heterocycles. The summed E-state index contributed by atoms with van der Waals surface area (Å²) in [6, 6.07) is 2.21. The lowest BCUT2D eigenvalue weighted by Gasteiger charge is -1.97. The van der Waals surface area contributed by atoms with Gasteiger partial charge in [-0.2, -0.15) is 11.3 Å². The molecule has 1 nitrogen and oxygen atoms in total. The van der Waals surface area contributed by atoms with Gasteiger partial charge < -0.3 is 5.32 Å². The second-order valence-electron chi connectivity index (χ2n) is 2.69. The number of thiophene rings is 1. The lowest BCUT2D eigenvalue weighted by atomic mass is 10.1. The highest BCUT2D eigenvalue weighted by Crippen LogP contribution is 2.08. The minimum absolute atomic E-state index is 1.14. The number of hydrogen-bond acceptors (Lipinski definition) is 2. The number of hydrogen-bond donors (Lipinski definition) is 1. The maximum Gasteiger partial charge on any atom is -0.00518 e. The molecule has 2 heteroatoms. The highest BCUT2D eigenvalue weighted by atomic mass is 32.1. The molecule has 0 saturated heterocycles. The predicted molar refractivity (Wildman–Crippen MR) is 51.2 cm³/mol. The van der Waals surface area contributed by atoms with Crippen molar-refractivity contribution in [3.05, 3.63) is 22.4 Å².